The molecule has 1 aliphatic rings. The molecule has 1 atom stereocenters. The van der Waals surface area contributed by atoms with E-state index in [1.807, 2.05) is 102 Å². The molecule has 1 aliphatic heterocycles. The van der Waals surface area contributed by atoms with Gasteiger partial charge in [0.1, 0.15) is 6.17 Å². The highest BCUT2D eigenvalue weighted by Crippen LogP contribution is 2.43. The van der Waals surface area contributed by atoms with Crippen LogP contribution in [0.15, 0.2) is 109 Å². The molecule has 0 saturated carbocycles. The van der Waals surface area contributed by atoms with Crippen molar-refractivity contribution in [2.45, 2.75) is 12.7 Å². The van der Waals surface area contributed by atoms with E-state index in [2.05, 4.69) is 17.0 Å². The van der Waals surface area contributed by atoms with Crippen LogP contribution in [0.5, 0.6) is 0 Å². The van der Waals surface area contributed by atoms with Crippen molar-refractivity contribution < 1.29 is 4.79 Å². The minimum absolute atomic E-state index is 0.0315. The minimum atomic E-state index is -0.376. The van der Waals surface area contributed by atoms with Crippen molar-refractivity contribution in [3.63, 3.8) is 0 Å². The molecule has 0 radical (unpaired) electrons. The molecule has 4 heteroatoms. The number of hydrogen-bond acceptors (Lipinski definition) is 2. The van der Waals surface area contributed by atoms with Crippen LogP contribution < -0.4 is 9.80 Å². The van der Waals surface area contributed by atoms with Crippen molar-refractivity contribution in [3.8, 4) is 0 Å². The SMILES string of the molecule is O=C1c2ccccc2N(Cc2ccccc2)[C@H](c2ccccc2Cl)N1c1ccccc1. The first-order chi connectivity index (χ1) is 15.2. The van der Waals surface area contributed by atoms with Crippen LogP contribution in [-0.4, -0.2) is 5.91 Å². The number of anilines is 2. The highest BCUT2D eigenvalue weighted by atomic mass is 35.5. The van der Waals surface area contributed by atoms with Crippen LogP contribution in [0.3, 0.4) is 0 Å². The Morgan fingerprint density at radius 3 is 2.06 bits per heavy atom. The second-order valence-electron chi connectivity index (χ2n) is 7.54. The van der Waals surface area contributed by atoms with Crippen LogP contribution in [0.25, 0.3) is 0 Å². The molecular formula is C27H21ClN2O. The molecule has 152 valence electrons. The van der Waals surface area contributed by atoms with Gasteiger partial charge < -0.3 is 4.90 Å². The Bertz CT molecular complexity index is 1210. The second-order valence-corrected chi connectivity index (χ2v) is 7.94. The first kappa shape index (κ1) is 19.4. The van der Waals surface area contributed by atoms with Gasteiger partial charge in [0.05, 0.1) is 11.3 Å². The largest absolute Gasteiger partial charge is 0.342 e. The van der Waals surface area contributed by atoms with E-state index in [1.165, 1.54) is 0 Å². The maximum absolute atomic E-state index is 13.8. The average Bonchev–Trinajstić information content (AvgIpc) is 2.82. The summed E-state index contributed by atoms with van der Waals surface area (Å²) in [4.78, 5) is 17.9. The number of rotatable bonds is 4. The molecule has 0 N–H and O–H groups in total. The van der Waals surface area contributed by atoms with Gasteiger partial charge in [0, 0.05) is 22.8 Å². The molecule has 0 bridgehead atoms. The van der Waals surface area contributed by atoms with Gasteiger partial charge in [-0.2, -0.15) is 0 Å². The van der Waals surface area contributed by atoms with Crippen molar-refractivity contribution in [1.29, 1.82) is 0 Å². The maximum atomic E-state index is 13.8. The lowest BCUT2D eigenvalue weighted by molar-refractivity contribution is 0.0968. The number of halogens is 1. The lowest BCUT2D eigenvalue weighted by Crippen LogP contribution is -2.49. The van der Waals surface area contributed by atoms with Gasteiger partial charge in [-0.1, -0.05) is 90.5 Å². The van der Waals surface area contributed by atoms with E-state index in [1.54, 1.807) is 0 Å². The Morgan fingerprint density at radius 2 is 1.32 bits per heavy atom. The Balaban J connectivity index is 1.75. The summed E-state index contributed by atoms with van der Waals surface area (Å²) in [5.41, 5.74) is 4.49. The van der Waals surface area contributed by atoms with Crippen molar-refractivity contribution in [3.05, 3.63) is 131 Å². The highest BCUT2D eigenvalue weighted by molar-refractivity contribution is 6.31. The molecule has 3 nitrogen and oxygen atoms in total. The average molecular weight is 425 g/mol. The van der Waals surface area contributed by atoms with Gasteiger partial charge >= 0.3 is 0 Å². The molecular weight excluding hydrogens is 404 g/mol. The number of carbonyl (C=O) groups excluding carboxylic acids is 1. The zero-order valence-corrected chi connectivity index (χ0v) is 17.6. The van der Waals surface area contributed by atoms with Crippen LogP contribution >= 0.6 is 11.6 Å². The van der Waals surface area contributed by atoms with Gasteiger partial charge in [-0.05, 0) is 35.9 Å². The molecule has 0 saturated heterocycles. The van der Waals surface area contributed by atoms with E-state index >= 15 is 0 Å². The standard InChI is InChI=1S/C27H21ClN2O/c28-24-17-9-7-15-22(24)26-29(19-20-11-3-1-4-12-20)25-18-10-8-16-23(25)27(31)30(26)21-13-5-2-6-14-21/h1-18,26H,19H2/t26-/m0/s1. The van der Waals surface area contributed by atoms with Gasteiger partial charge in [-0.3, -0.25) is 9.69 Å². The summed E-state index contributed by atoms with van der Waals surface area (Å²) < 4.78 is 0. The first-order valence-electron chi connectivity index (χ1n) is 10.3. The maximum Gasteiger partial charge on any atom is 0.262 e. The number of benzene rings is 4. The van der Waals surface area contributed by atoms with E-state index in [0.29, 0.717) is 17.1 Å². The van der Waals surface area contributed by atoms with Crippen molar-refractivity contribution in [2.75, 3.05) is 9.80 Å². The predicted molar refractivity (Wildman–Crippen MR) is 127 cm³/mol. The van der Waals surface area contributed by atoms with E-state index in [0.717, 1.165) is 22.5 Å². The predicted octanol–water partition coefficient (Wildman–Crippen LogP) is 6.71. The number of para-hydroxylation sites is 2. The third-order valence-electron chi connectivity index (χ3n) is 5.62. The molecule has 31 heavy (non-hydrogen) atoms. The minimum Gasteiger partial charge on any atom is -0.342 e. The second kappa shape index (κ2) is 8.29. The normalized spacial score (nSPS) is 15.6. The third-order valence-corrected chi connectivity index (χ3v) is 5.96. The van der Waals surface area contributed by atoms with Crippen molar-refractivity contribution in [1.82, 2.24) is 0 Å². The van der Waals surface area contributed by atoms with Gasteiger partial charge in [-0.15, -0.1) is 0 Å². The van der Waals surface area contributed by atoms with Gasteiger partial charge in [-0.25, -0.2) is 0 Å². The molecule has 0 aliphatic carbocycles. The smallest absolute Gasteiger partial charge is 0.262 e. The molecule has 0 spiro atoms. The monoisotopic (exact) mass is 424 g/mol. The first-order valence-corrected chi connectivity index (χ1v) is 10.6. The summed E-state index contributed by atoms with van der Waals surface area (Å²) in [6.07, 6.45) is -0.376. The summed E-state index contributed by atoms with van der Waals surface area (Å²) in [6.45, 7) is 0.643. The van der Waals surface area contributed by atoms with Gasteiger partial charge in [0.2, 0.25) is 0 Å². The Labute approximate surface area is 187 Å². The highest BCUT2D eigenvalue weighted by Gasteiger charge is 2.40. The topological polar surface area (TPSA) is 23.6 Å². The lowest BCUT2D eigenvalue weighted by Gasteiger charge is -2.46. The molecule has 0 fully saturated rings. The summed E-state index contributed by atoms with van der Waals surface area (Å²) in [6, 6.07) is 35.7. The Kier molecular flexibility index (Phi) is 5.19. The van der Waals surface area contributed by atoms with Crippen LogP contribution in [-0.2, 0) is 6.54 Å². The molecule has 5 rings (SSSR count). The number of amides is 1. The Morgan fingerprint density at radius 1 is 0.710 bits per heavy atom. The zero-order valence-electron chi connectivity index (χ0n) is 16.9. The Hall–Kier alpha value is -3.56. The lowest BCUT2D eigenvalue weighted by atomic mass is 9.99. The van der Waals surface area contributed by atoms with Crippen LogP contribution in [0.4, 0.5) is 11.4 Å². The van der Waals surface area contributed by atoms with Crippen LogP contribution in [0.1, 0.15) is 27.7 Å². The number of nitrogens with zero attached hydrogens (tertiary/aromatic N) is 2. The third kappa shape index (κ3) is 3.58. The van der Waals surface area contributed by atoms with E-state index in [4.69, 9.17) is 11.6 Å². The fraction of sp³-hybridized carbons (Fsp3) is 0.0741. The van der Waals surface area contributed by atoms with Crippen molar-refractivity contribution in [2.24, 2.45) is 0 Å². The van der Waals surface area contributed by atoms with Crippen LogP contribution in [0.2, 0.25) is 5.02 Å². The summed E-state index contributed by atoms with van der Waals surface area (Å²) in [5, 5.41) is 0.638. The molecule has 1 heterocycles. The summed E-state index contributed by atoms with van der Waals surface area (Å²) >= 11 is 6.69. The fourth-order valence-electron chi connectivity index (χ4n) is 4.21. The number of carbonyl (C=O) groups is 1. The van der Waals surface area contributed by atoms with Gasteiger partial charge in [0.25, 0.3) is 5.91 Å². The quantitative estimate of drug-likeness (QED) is 0.363. The molecule has 0 aromatic heterocycles. The van der Waals surface area contributed by atoms with E-state index in [9.17, 15) is 4.79 Å². The van der Waals surface area contributed by atoms with E-state index in [-0.39, 0.29) is 12.1 Å². The molecule has 0 unspecified atom stereocenters. The van der Waals surface area contributed by atoms with Crippen LogP contribution in [0, 0.1) is 0 Å². The fourth-order valence-corrected chi connectivity index (χ4v) is 4.44. The van der Waals surface area contributed by atoms with Crippen molar-refractivity contribution >= 4 is 28.9 Å². The molecule has 4 aromatic carbocycles. The van der Waals surface area contributed by atoms with E-state index < -0.39 is 0 Å². The zero-order chi connectivity index (χ0) is 21.2. The van der Waals surface area contributed by atoms with Gasteiger partial charge in [0.15, 0.2) is 0 Å². The number of fused-ring (bicyclic) bond motifs is 1. The summed E-state index contributed by atoms with van der Waals surface area (Å²) in [7, 11) is 0. The molecule has 1 amide bonds. The molecule has 4 aromatic rings. The summed E-state index contributed by atoms with van der Waals surface area (Å²) in [5.74, 6) is -0.0315. The number of hydrogen-bond donors (Lipinski definition) is 0.